The summed E-state index contributed by atoms with van der Waals surface area (Å²) in [5.74, 6) is 0.0508. The zero-order valence-electron chi connectivity index (χ0n) is 16.7. The highest BCUT2D eigenvalue weighted by atomic mass is 35.5. The van der Waals surface area contributed by atoms with Crippen LogP contribution in [0.5, 0.6) is 0 Å². The third-order valence-electron chi connectivity index (χ3n) is 6.94. The van der Waals surface area contributed by atoms with Crippen LogP contribution in [-0.2, 0) is 0 Å². The fourth-order valence-electron chi connectivity index (χ4n) is 5.54. The minimum atomic E-state index is 0.0508. The molecule has 4 rings (SSSR count). The SMILES string of the molecule is CN(C(=O)c1ccc(Cl)c(Cl)c1)[C@H]1CCC[C@H](N2CCCC2)[C@@H]1N1CCCC1. The average molecular weight is 424 g/mol. The van der Waals surface area contributed by atoms with Crippen molar-refractivity contribution in [1.82, 2.24) is 14.7 Å². The molecular weight excluding hydrogens is 393 g/mol. The molecule has 0 unspecified atom stereocenters. The van der Waals surface area contributed by atoms with E-state index in [1.165, 1.54) is 64.7 Å². The Morgan fingerprint density at radius 3 is 2.21 bits per heavy atom. The number of halogens is 2. The molecule has 1 saturated carbocycles. The van der Waals surface area contributed by atoms with E-state index in [-0.39, 0.29) is 11.9 Å². The number of carbonyl (C=O) groups is 1. The first-order valence-corrected chi connectivity index (χ1v) is 11.5. The summed E-state index contributed by atoms with van der Waals surface area (Å²) in [7, 11) is 1.98. The molecule has 3 aliphatic rings. The van der Waals surface area contributed by atoms with Crippen molar-refractivity contribution in [3.8, 4) is 0 Å². The number of carbonyl (C=O) groups excluding carboxylic acids is 1. The monoisotopic (exact) mass is 423 g/mol. The van der Waals surface area contributed by atoms with Crippen LogP contribution in [0.1, 0.15) is 55.3 Å². The van der Waals surface area contributed by atoms with Crippen LogP contribution in [0.15, 0.2) is 18.2 Å². The molecule has 28 heavy (non-hydrogen) atoms. The molecule has 0 N–H and O–H groups in total. The lowest BCUT2D eigenvalue weighted by Crippen LogP contribution is -2.62. The van der Waals surface area contributed by atoms with E-state index < -0.39 is 0 Å². The summed E-state index contributed by atoms with van der Waals surface area (Å²) in [5, 5.41) is 0.929. The van der Waals surface area contributed by atoms with Crippen LogP contribution < -0.4 is 0 Å². The third kappa shape index (κ3) is 4.07. The first kappa shape index (κ1) is 20.5. The molecule has 0 aromatic heterocycles. The number of rotatable bonds is 4. The molecule has 4 nitrogen and oxygen atoms in total. The van der Waals surface area contributed by atoms with Gasteiger partial charge in [-0.05, 0) is 89.3 Å². The number of amides is 1. The van der Waals surface area contributed by atoms with Crippen LogP contribution in [0.4, 0.5) is 0 Å². The van der Waals surface area contributed by atoms with E-state index in [2.05, 4.69) is 9.80 Å². The molecule has 1 aromatic carbocycles. The largest absolute Gasteiger partial charge is 0.337 e. The van der Waals surface area contributed by atoms with Gasteiger partial charge in [-0.2, -0.15) is 0 Å². The van der Waals surface area contributed by atoms with Gasteiger partial charge in [-0.1, -0.05) is 23.2 Å². The number of hydrogen-bond donors (Lipinski definition) is 0. The molecule has 2 aliphatic heterocycles. The maximum Gasteiger partial charge on any atom is 0.253 e. The van der Waals surface area contributed by atoms with Gasteiger partial charge in [0.05, 0.1) is 10.0 Å². The van der Waals surface area contributed by atoms with Gasteiger partial charge in [0.2, 0.25) is 0 Å². The number of likely N-dealkylation sites (tertiary alicyclic amines) is 2. The molecule has 0 spiro atoms. The van der Waals surface area contributed by atoms with E-state index in [0.29, 0.717) is 27.7 Å². The molecule has 3 fully saturated rings. The fraction of sp³-hybridized carbons (Fsp3) is 0.682. The topological polar surface area (TPSA) is 26.8 Å². The molecule has 3 atom stereocenters. The second kappa shape index (κ2) is 8.91. The van der Waals surface area contributed by atoms with E-state index in [4.69, 9.17) is 23.2 Å². The highest BCUT2D eigenvalue weighted by molar-refractivity contribution is 6.42. The molecule has 2 saturated heterocycles. The van der Waals surface area contributed by atoms with Crippen LogP contribution in [-0.4, -0.2) is 72.0 Å². The first-order chi connectivity index (χ1) is 13.6. The van der Waals surface area contributed by atoms with Crippen molar-refractivity contribution in [2.75, 3.05) is 33.2 Å². The standard InChI is InChI=1S/C22H31Cl2N3O/c1-25(22(28)16-9-10-17(23)18(24)15-16)19-7-6-8-20(26-11-2-3-12-26)21(19)27-13-4-5-14-27/h9-10,15,19-21H,2-8,11-14H2,1H3/t19-,20-,21+/m0/s1. The summed E-state index contributed by atoms with van der Waals surface area (Å²) in [6.07, 6.45) is 8.70. The Morgan fingerprint density at radius 1 is 0.929 bits per heavy atom. The van der Waals surface area contributed by atoms with E-state index in [0.717, 1.165) is 6.42 Å². The maximum atomic E-state index is 13.3. The highest BCUT2D eigenvalue weighted by Gasteiger charge is 2.44. The van der Waals surface area contributed by atoms with E-state index >= 15 is 0 Å². The first-order valence-electron chi connectivity index (χ1n) is 10.8. The smallest absolute Gasteiger partial charge is 0.253 e. The lowest BCUT2D eigenvalue weighted by molar-refractivity contribution is 0.0112. The number of benzene rings is 1. The molecule has 0 radical (unpaired) electrons. The number of hydrogen-bond acceptors (Lipinski definition) is 3. The van der Waals surface area contributed by atoms with E-state index in [1.54, 1.807) is 18.2 Å². The van der Waals surface area contributed by atoms with Gasteiger partial charge in [0.25, 0.3) is 5.91 Å². The summed E-state index contributed by atoms with van der Waals surface area (Å²) in [6.45, 7) is 4.76. The van der Waals surface area contributed by atoms with Gasteiger partial charge >= 0.3 is 0 Å². The minimum Gasteiger partial charge on any atom is -0.337 e. The van der Waals surface area contributed by atoms with Crippen LogP contribution in [0, 0.1) is 0 Å². The fourth-order valence-corrected chi connectivity index (χ4v) is 5.84. The van der Waals surface area contributed by atoms with Crippen molar-refractivity contribution in [2.45, 2.75) is 63.1 Å². The van der Waals surface area contributed by atoms with E-state index in [1.807, 2.05) is 11.9 Å². The van der Waals surface area contributed by atoms with Crippen molar-refractivity contribution in [2.24, 2.45) is 0 Å². The van der Waals surface area contributed by atoms with Crippen LogP contribution in [0.25, 0.3) is 0 Å². The molecule has 154 valence electrons. The second-order valence-electron chi connectivity index (χ2n) is 8.59. The summed E-state index contributed by atoms with van der Waals surface area (Å²) in [5.41, 5.74) is 0.625. The van der Waals surface area contributed by atoms with Crippen molar-refractivity contribution in [3.63, 3.8) is 0 Å². The molecule has 6 heteroatoms. The predicted molar refractivity (Wildman–Crippen MR) is 115 cm³/mol. The van der Waals surface area contributed by atoms with Gasteiger partial charge in [-0.15, -0.1) is 0 Å². The molecule has 1 amide bonds. The number of likely N-dealkylation sites (N-methyl/N-ethyl adjacent to an activating group) is 1. The molecule has 1 aromatic rings. The zero-order valence-corrected chi connectivity index (χ0v) is 18.3. The van der Waals surface area contributed by atoms with Gasteiger partial charge in [-0.3, -0.25) is 14.6 Å². The van der Waals surface area contributed by atoms with Crippen LogP contribution >= 0.6 is 23.2 Å². The van der Waals surface area contributed by atoms with E-state index in [9.17, 15) is 4.79 Å². The van der Waals surface area contributed by atoms with Gasteiger partial charge in [0.1, 0.15) is 0 Å². The Hall–Kier alpha value is -0.810. The Balaban J connectivity index is 1.59. The van der Waals surface area contributed by atoms with Crippen molar-refractivity contribution < 1.29 is 4.79 Å². The van der Waals surface area contributed by atoms with Gasteiger partial charge in [-0.25, -0.2) is 0 Å². The lowest BCUT2D eigenvalue weighted by atomic mass is 9.83. The third-order valence-corrected chi connectivity index (χ3v) is 7.68. The summed E-state index contributed by atoms with van der Waals surface area (Å²) < 4.78 is 0. The average Bonchev–Trinajstić information content (AvgIpc) is 3.42. The molecular formula is C22H31Cl2N3O. The Labute approximate surface area is 178 Å². The Morgan fingerprint density at radius 2 is 1.57 bits per heavy atom. The molecule has 2 heterocycles. The van der Waals surface area contributed by atoms with Crippen molar-refractivity contribution in [3.05, 3.63) is 33.8 Å². The predicted octanol–water partition coefficient (Wildman–Crippen LogP) is 4.55. The molecule has 0 bridgehead atoms. The van der Waals surface area contributed by atoms with Crippen molar-refractivity contribution in [1.29, 1.82) is 0 Å². The van der Waals surface area contributed by atoms with Crippen LogP contribution in [0.2, 0.25) is 10.0 Å². The van der Waals surface area contributed by atoms with Gasteiger partial charge in [0.15, 0.2) is 0 Å². The summed E-state index contributed by atoms with van der Waals surface area (Å²) >= 11 is 12.2. The minimum absolute atomic E-state index is 0.0508. The van der Waals surface area contributed by atoms with Crippen molar-refractivity contribution >= 4 is 29.1 Å². The quantitative estimate of drug-likeness (QED) is 0.710. The lowest BCUT2D eigenvalue weighted by Gasteiger charge is -2.49. The Bertz CT molecular complexity index is 701. The second-order valence-corrected chi connectivity index (χ2v) is 9.40. The normalized spacial score (nSPS) is 29.3. The van der Waals surface area contributed by atoms with Crippen LogP contribution in [0.3, 0.4) is 0 Å². The molecule has 1 aliphatic carbocycles. The summed E-state index contributed by atoms with van der Waals surface area (Å²) in [6, 6.07) is 6.47. The zero-order chi connectivity index (χ0) is 19.7. The maximum absolute atomic E-state index is 13.3. The highest BCUT2D eigenvalue weighted by Crippen LogP contribution is 2.34. The Kier molecular flexibility index (Phi) is 6.51. The van der Waals surface area contributed by atoms with Gasteiger partial charge in [0, 0.05) is 30.7 Å². The number of nitrogens with zero attached hydrogens (tertiary/aromatic N) is 3. The summed E-state index contributed by atoms with van der Waals surface area (Å²) in [4.78, 5) is 20.7. The van der Waals surface area contributed by atoms with Gasteiger partial charge < -0.3 is 4.90 Å².